The number of hydrogen-bond acceptors (Lipinski definition) is 5. The molecule has 140 valence electrons. The van der Waals surface area contributed by atoms with E-state index < -0.39 is 29.5 Å². The average Bonchev–Trinajstić information content (AvgIpc) is 3.00. The van der Waals surface area contributed by atoms with Crippen molar-refractivity contribution in [3.8, 4) is 0 Å². The summed E-state index contributed by atoms with van der Waals surface area (Å²) in [6.07, 6.45) is -0.706. The van der Waals surface area contributed by atoms with Crippen LogP contribution in [0, 0.1) is 5.92 Å². The van der Waals surface area contributed by atoms with Crippen molar-refractivity contribution >= 4 is 17.7 Å². The van der Waals surface area contributed by atoms with Crippen molar-refractivity contribution in [1.82, 2.24) is 15.5 Å². The predicted octanol–water partition coefficient (Wildman–Crippen LogP) is -1.27. The van der Waals surface area contributed by atoms with Gasteiger partial charge in [0.2, 0.25) is 17.7 Å². The van der Waals surface area contributed by atoms with Crippen LogP contribution in [0.1, 0.15) is 18.9 Å². The number of β-lactam (4-membered cyclic amide) rings is 1. The summed E-state index contributed by atoms with van der Waals surface area (Å²) in [5, 5.41) is 14.9. The lowest BCUT2D eigenvalue weighted by atomic mass is 9.85. The van der Waals surface area contributed by atoms with Gasteiger partial charge in [0.1, 0.15) is 11.6 Å². The van der Waals surface area contributed by atoms with E-state index in [4.69, 9.17) is 5.73 Å². The zero-order valence-electron chi connectivity index (χ0n) is 14.6. The molecule has 26 heavy (non-hydrogen) atoms. The summed E-state index contributed by atoms with van der Waals surface area (Å²) in [5.74, 6) is -1.69. The quantitative estimate of drug-likeness (QED) is 0.471. The Labute approximate surface area is 151 Å². The number of aliphatic hydroxyl groups excluding tert-OH is 1. The first-order chi connectivity index (χ1) is 12.3. The van der Waals surface area contributed by atoms with Crippen LogP contribution >= 0.6 is 0 Å². The van der Waals surface area contributed by atoms with Crippen molar-refractivity contribution in [2.24, 2.45) is 11.7 Å². The lowest BCUT2D eigenvalue weighted by molar-refractivity contribution is -0.141. The lowest BCUT2D eigenvalue weighted by Crippen LogP contribution is -2.70. The highest BCUT2D eigenvalue weighted by atomic mass is 16.3. The molecule has 0 aliphatic carbocycles. The number of nitrogens with two attached hydrogens (primary N) is 1. The molecule has 3 rings (SSSR count). The molecule has 0 saturated carbocycles. The van der Waals surface area contributed by atoms with Crippen LogP contribution in [0.5, 0.6) is 0 Å². The van der Waals surface area contributed by atoms with Gasteiger partial charge in [-0.3, -0.25) is 19.3 Å². The minimum absolute atomic E-state index is 0.0780. The molecule has 8 heteroatoms. The summed E-state index contributed by atoms with van der Waals surface area (Å²) in [5.41, 5.74) is 5.61. The van der Waals surface area contributed by atoms with Crippen molar-refractivity contribution in [1.29, 1.82) is 0 Å². The maximum absolute atomic E-state index is 12.6. The summed E-state index contributed by atoms with van der Waals surface area (Å²) in [6, 6.07) is 8.61. The van der Waals surface area contributed by atoms with Crippen molar-refractivity contribution in [2.45, 2.75) is 37.6 Å². The molecule has 0 radical (unpaired) electrons. The Hall–Kier alpha value is -2.45. The van der Waals surface area contributed by atoms with Crippen LogP contribution in [0.15, 0.2) is 30.3 Å². The SMILES string of the molecule is CC(O)C(NC(=O)C1CN(Cc2ccccc2)C2(CNC2=O)C1)C(N)=O. The number of carbonyl (C=O) groups is 3. The van der Waals surface area contributed by atoms with Crippen LogP contribution in [0.3, 0.4) is 0 Å². The Morgan fingerprint density at radius 1 is 1.42 bits per heavy atom. The fourth-order valence-corrected chi connectivity index (χ4v) is 3.72. The van der Waals surface area contributed by atoms with Gasteiger partial charge in [-0.1, -0.05) is 30.3 Å². The minimum Gasteiger partial charge on any atom is -0.391 e. The van der Waals surface area contributed by atoms with E-state index in [9.17, 15) is 19.5 Å². The Kier molecular flexibility index (Phi) is 4.97. The van der Waals surface area contributed by atoms with Crippen molar-refractivity contribution in [3.05, 3.63) is 35.9 Å². The summed E-state index contributed by atoms with van der Waals surface area (Å²) in [4.78, 5) is 38.3. The van der Waals surface area contributed by atoms with E-state index in [1.54, 1.807) is 0 Å². The van der Waals surface area contributed by atoms with Gasteiger partial charge in [-0.2, -0.15) is 0 Å². The van der Waals surface area contributed by atoms with Gasteiger partial charge in [0.25, 0.3) is 0 Å². The second-order valence-corrected chi connectivity index (χ2v) is 7.11. The zero-order chi connectivity index (χ0) is 18.9. The van der Waals surface area contributed by atoms with Gasteiger partial charge in [-0.05, 0) is 18.9 Å². The third-order valence-corrected chi connectivity index (χ3v) is 5.27. The van der Waals surface area contributed by atoms with Crippen molar-refractivity contribution < 1.29 is 19.5 Å². The van der Waals surface area contributed by atoms with Gasteiger partial charge in [-0.15, -0.1) is 0 Å². The maximum Gasteiger partial charge on any atom is 0.242 e. The number of hydrogen-bond donors (Lipinski definition) is 4. The first-order valence-electron chi connectivity index (χ1n) is 8.68. The Bertz CT molecular complexity index is 708. The highest BCUT2D eigenvalue weighted by Crippen LogP contribution is 2.38. The molecule has 1 spiro atoms. The molecule has 2 heterocycles. The number of aliphatic hydroxyl groups is 1. The number of primary amides is 1. The van der Waals surface area contributed by atoms with E-state index in [0.717, 1.165) is 5.56 Å². The molecule has 2 aliphatic rings. The average molecular weight is 360 g/mol. The lowest BCUT2D eigenvalue weighted by Gasteiger charge is -2.44. The standard InChI is InChI=1S/C18H24N4O4/c1-11(23)14(15(19)24)21-16(25)13-7-18(10-20-17(18)26)22(9-13)8-12-5-3-2-4-6-12/h2-6,11,13-14,23H,7-10H2,1H3,(H2,19,24)(H,20,26)(H,21,25). The molecule has 2 aliphatic heterocycles. The third kappa shape index (κ3) is 3.30. The predicted molar refractivity (Wildman–Crippen MR) is 93.5 cm³/mol. The summed E-state index contributed by atoms with van der Waals surface area (Å²) in [7, 11) is 0. The summed E-state index contributed by atoms with van der Waals surface area (Å²) < 4.78 is 0. The first-order valence-corrected chi connectivity index (χ1v) is 8.68. The molecule has 0 aromatic heterocycles. The molecular formula is C18H24N4O4. The molecule has 2 fully saturated rings. The topological polar surface area (TPSA) is 125 Å². The molecule has 0 bridgehead atoms. The number of nitrogens with one attached hydrogen (secondary N) is 2. The minimum atomic E-state index is -1.14. The normalized spacial score (nSPS) is 27.5. The molecular weight excluding hydrogens is 336 g/mol. The maximum atomic E-state index is 12.6. The van der Waals surface area contributed by atoms with Crippen LogP contribution in [0.2, 0.25) is 0 Å². The van der Waals surface area contributed by atoms with Gasteiger partial charge >= 0.3 is 0 Å². The first kappa shape index (κ1) is 18.3. The number of nitrogens with zero attached hydrogens (tertiary/aromatic N) is 1. The van der Waals surface area contributed by atoms with E-state index in [0.29, 0.717) is 26.1 Å². The smallest absolute Gasteiger partial charge is 0.242 e. The molecule has 4 unspecified atom stereocenters. The fourth-order valence-electron chi connectivity index (χ4n) is 3.72. The molecule has 1 aromatic carbocycles. The van der Waals surface area contributed by atoms with Gasteiger partial charge in [0.15, 0.2) is 0 Å². The number of likely N-dealkylation sites (tertiary alicyclic amines) is 1. The summed E-state index contributed by atoms with van der Waals surface area (Å²) >= 11 is 0. The van der Waals surface area contributed by atoms with Gasteiger partial charge in [0, 0.05) is 19.6 Å². The molecule has 4 atom stereocenters. The third-order valence-electron chi connectivity index (χ3n) is 5.27. The van der Waals surface area contributed by atoms with Gasteiger partial charge in [0.05, 0.1) is 12.0 Å². The van der Waals surface area contributed by atoms with E-state index in [1.807, 2.05) is 35.2 Å². The monoisotopic (exact) mass is 360 g/mol. The second-order valence-electron chi connectivity index (χ2n) is 7.11. The molecule has 1 aromatic rings. The highest BCUT2D eigenvalue weighted by Gasteiger charge is 2.57. The van der Waals surface area contributed by atoms with Crippen LogP contribution in [0.4, 0.5) is 0 Å². The van der Waals surface area contributed by atoms with E-state index in [1.165, 1.54) is 6.92 Å². The van der Waals surface area contributed by atoms with Crippen molar-refractivity contribution in [2.75, 3.05) is 13.1 Å². The molecule has 3 amide bonds. The Morgan fingerprint density at radius 2 is 2.12 bits per heavy atom. The van der Waals surface area contributed by atoms with Crippen LogP contribution in [0.25, 0.3) is 0 Å². The number of carbonyl (C=O) groups excluding carboxylic acids is 3. The van der Waals surface area contributed by atoms with E-state index >= 15 is 0 Å². The second kappa shape index (κ2) is 7.05. The van der Waals surface area contributed by atoms with Crippen LogP contribution in [-0.2, 0) is 20.9 Å². The van der Waals surface area contributed by atoms with Gasteiger partial charge in [-0.25, -0.2) is 0 Å². The molecule has 8 nitrogen and oxygen atoms in total. The molecule has 5 N–H and O–H groups in total. The number of amides is 3. The van der Waals surface area contributed by atoms with Crippen LogP contribution in [-0.4, -0.2) is 58.5 Å². The molecule has 2 saturated heterocycles. The van der Waals surface area contributed by atoms with Crippen LogP contribution < -0.4 is 16.4 Å². The van der Waals surface area contributed by atoms with Gasteiger partial charge < -0.3 is 21.5 Å². The van der Waals surface area contributed by atoms with E-state index in [2.05, 4.69) is 10.6 Å². The Morgan fingerprint density at radius 3 is 2.62 bits per heavy atom. The number of rotatable bonds is 6. The highest BCUT2D eigenvalue weighted by molar-refractivity contribution is 5.95. The Balaban J connectivity index is 1.73. The van der Waals surface area contributed by atoms with Crippen molar-refractivity contribution in [3.63, 3.8) is 0 Å². The van der Waals surface area contributed by atoms with E-state index in [-0.39, 0.29) is 11.8 Å². The largest absolute Gasteiger partial charge is 0.391 e. The fraction of sp³-hybridized carbons (Fsp3) is 0.500. The zero-order valence-corrected chi connectivity index (χ0v) is 14.6. The number of benzene rings is 1. The summed E-state index contributed by atoms with van der Waals surface area (Å²) in [6.45, 7) is 2.86.